The molecule has 2 rings (SSSR count). The van der Waals surface area contributed by atoms with E-state index in [4.69, 9.17) is 9.47 Å². The maximum atomic E-state index is 12.4. The topological polar surface area (TPSA) is 55.8 Å². The van der Waals surface area contributed by atoms with Gasteiger partial charge in [0, 0.05) is 11.8 Å². The molecule has 108 valence electrons. The third kappa shape index (κ3) is 2.24. The molecule has 2 aliphatic rings. The highest BCUT2D eigenvalue weighted by Gasteiger charge is 2.58. The first-order valence-corrected chi connectivity index (χ1v) is 6.85. The fourth-order valence-electron chi connectivity index (χ4n) is 3.05. The van der Waals surface area contributed by atoms with E-state index in [2.05, 4.69) is 0 Å². The molecular formula is C14H23NO4. The Morgan fingerprint density at radius 2 is 2.11 bits per heavy atom. The predicted octanol–water partition coefficient (Wildman–Crippen LogP) is 1.70. The Kier molecular flexibility index (Phi) is 3.60. The van der Waals surface area contributed by atoms with Gasteiger partial charge in [-0.05, 0) is 19.3 Å². The van der Waals surface area contributed by atoms with Crippen molar-refractivity contribution < 1.29 is 19.1 Å². The number of hydrogen-bond donors (Lipinski definition) is 0. The van der Waals surface area contributed by atoms with Crippen LogP contribution in [0.1, 0.15) is 46.5 Å². The summed E-state index contributed by atoms with van der Waals surface area (Å²) in [6.07, 6.45) is 2.41. The summed E-state index contributed by atoms with van der Waals surface area (Å²) in [5.74, 6) is -0.352. The van der Waals surface area contributed by atoms with Crippen molar-refractivity contribution in [3.8, 4) is 0 Å². The number of carbonyl (C=O) groups is 2. The lowest BCUT2D eigenvalue weighted by atomic mass is 9.89. The second kappa shape index (κ2) is 4.78. The van der Waals surface area contributed by atoms with E-state index in [1.54, 1.807) is 4.90 Å². The van der Waals surface area contributed by atoms with Crippen LogP contribution in [0, 0.1) is 5.41 Å². The van der Waals surface area contributed by atoms with Crippen LogP contribution in [0.3, 0.4) is 0 Å². The van der Waals surface area contributed by atoms with Crippen molar-refractivity contribution in [1.29, 1.82) is 0 Å². The fourth-order valence-corrected chi connectivity index (χ4v) is 3.05. The number of hydrogen-bond acceptors (Lipinski definition) is 4. The minimum Gasteiger partial charge on any atom is -0.467 e. The second-order valence-corrected chi connectivity index (χ2v) is 6.52. The van der Waals surface area contributed by atoms with Gasteiger partial charge >= 0.3 is 5.97 Å². The van der Waals surface area contributed by atoms with Gasteiger partial charge in [0.15, 0.2) is 5.54 Å². The second-order valence-electron chi connectivity index (χ2n) is 6.52. The van der Waals surface area contributed by atoms with E-state index in [-0.39, 0.29) is 30.1 Å². The van der Waals surface area contributed by atoms with Crippen LogP contribution in [0.5, 0.6) is 0 Å². The number of rotatable bonds is 1. The molecule has 5 heteroatoms. The van der Waals surface area contributed by atoms with E-state index in [9.17, 15) is 9.59 Å². The van der Waals surface area contributed by atoms with Crippen molar-refractivity contribution in [2.75, 3.05) is 13.7 Å². The third-order valence-electron chi connectivity index (χ3n) is 3.98. The number of carbonyl (C=O) groups excluding carboxylic acids is 2. The lowest BCUT2D eigenvalue weighted by molar-refractivity contribution is -0.163. The van der Waals surface area contributed by atoms with Gasteiger partial charge in [0.2, 0.25) is 5.91 Å². The average molecular weight is 269 g/mol. The summed E-state index contributed by atoms with van der Waals surface area (Å²) < 4.78 is 10.8. The zero-order valence-corrected chi connectivity index (χ0v) is 12.2. The van der Waals surface area contributed by atoms with Crippen LogP contribution in [-0.4, -0.2) is 42.3 Å². The highest BCUT2D eigenvalue weighted by atomic mass is 16.6. The standard InChI is InChI=1S/C14H23NO4/c1-13(2,3)11-15-10(16)7-5-6-8-14(15,9-19-11)12(17)18-4/h11H,5-9H2,1-4H3/t11-,14+/m1/s1. The van der Waals surface area contributed by atoms with Crippen LogP contribution < -0.4 is 0 Å². The first-order valence-electron chi connectivity index (χ1n) is 6.85. The van der Waals surface area contributed by atoms with Gasteiger partial charge in [0.25, 0.3) is 0 Å². The monoisotopic (exact) mass is 269 g/mol. The molecule has 1 amide bonds. The van der Waals surface area contributed by atoms with Crippen molar-refractivity contribution in [1.82, 2.24) is 4.90 Å². The van der Waals surface area contributed by atoms with Crippen LogP contribution in [0.2, 0.25) is 0 Å². The summed E-state index contributed by atoms with van der Waals surface area (Å²) in [6, 6.07) is 0. The van der Waals surface area contributed by atoms with E-state index < -0.39 is 5.54 Å². The normalized spacial score (nSPS) is 31.9. The molecule has 19 heavy (non-hydrogen) atoms. The van der Waals surface area contributed by atoms with Gasteiger partial charge in [-0.3, -0.25) is 9.69 Å². The molecule has 0 radical (unpaired) electrons. The Morgan fingerprint density at radius 3 is 2.68 bits per heavy atom. The molecule has 2 heterocycles. The highest BCUT2D eigenvalue weighted by Crippen LogP contribution is 2.42. The molecule has 0 N–H and O–H groups in total. The fraction of sp³-hybridized carbons (Fsp3) is 0.857. The maximum Gasteiger partial charge on any atom is 0.334 e. The molecule has 2 aliphatic heterocycles. The van der Waals surface area contributed by atoms with Crippen LogP contribution >= 0.6 is 0 Å². The lowest BCUT2D eigenvalue weighted by Gasteiger charge is -2.39. The quantitative estimate of drug-likeness (QED) is 0.680. The number of methoxy groups -OCH3 is 1. The Morgan fingerprint density at radius 1 is 1.42 bits per heavy atom. The van der Waals surface area contributed by atoms with Gasteiger partial charge in [-0.2, -0.15) is 0 Å². The van der Waals surface area contributed by atoms with Gasteiger partial charge in [-0.15, -0.1) is 0 Å². The summed E-state index contributed by atoms with van der Waals surface area (Å²) in [5, 5.41) is 0. The zero-order valence-electron chi connectivity index (χ0n) is 12.2. The predicted molar refractivity (Wildman–Crippen MR) is 69.3 cm³/mol. The van der Waals surface area contributed by atoms with Crippen molar-refractivity contribution in [2.45, 2.75) is 58.2 Å². The van der Waals surface area contributed by atoms with E-state index in [0.29, 0.717) is 12.8 Å². The van der Waals surface area contributed by atoms with Gasteiger partial charge in [-0.25, -0.2) is 4.79 Å². The molecule has 0 spiro atoms. The van der Waals surface area contributed by atoms with Gasteiger partial charge in [0.05, 0.1) is 13.7 Å². The Hall–Kier alpha value is -1.10. The zero-order chi connectivity index (χ0) is 14.3. The summed E-state index contributed by atoms with van der Waals surface area (Å²) in [6.45, 7) is 6.29. The number of nitrogens with zero attached hydrogens (tertiary/aromatic N) is 1. The molecule has 0 unspecified atom stereocenters. The highest BCUT2D eigenvalue weighted by molar-refractivity contribution is 5.89. The lowest BCUT2D eigenvalue weighted by Crippen LogP contribution is -2.58. The number of fused-ring (bicyclic) bond motifs is 1. The van der Waals surface area contributed by atoms with Crippen molar-refractivity contribution in [3.05, 3.63) is 0 Å². The van der Waals surface area contributed by atoms with Crippen LogP contribution in [0.25, 0.3) is 0 Å². The van der Waals surface area contributed by atoms with E-state index in [1.165, 1.54) is 7.11 Å². The largest absolute Gasteiger partial charge is 0.467 e. The Balaban J connectivity index is 2.43. The molecule has 2 fully saturated rings. The SMILES string of the molecule is COC(=O)[C@@]12CCCCC(=O)N1[C@@H](C(C)(C)C)OC2. The summed E-state index contributed by atoms with van der Waals surface area (Å²) in [5.41, 5.74) is -1.14. The molecule has 0 bridgehead atoms. The van der Waals surface area contributed by atoms with Gasteiger partial charge in [-0.1, -0.05) is 20.8 Å². The van der Waals surface area contributed by atoms with Crippen LogP contribution in [0.15, 0.2) is 0 Å². The molecule has 0 aromatic carbocycles. The molecule has 2 atom stereocenters. The maximum absolute atomic E-state index is 12.4. The summed E-state index contributed by atoms with van der Waals surface area (Å²) in [7, 11) is 1.37. The smallest absolute Gasteiger partial charge is 0.334 e. The molecular weight excluding hydrogens is 246 g/mol. The van der Waals surface area contributed by atoms with Gasteiger partial charge in [0.1, 0.15) is 6.23 Å². The number of esters is 1. The first kappa shape index (κ1) is 14.3. The van der Waals surface area contributed by atoms with E-state index >= 15 is 0 Å². The van der Waals surface area contributed by atoms with Crippen molar-refractivity contribution >= 4 is 11.9 Å². The Labute approximate surface area is 114 Å². The summed E-state index contributed by atoms with van der Waals surface area (Å²) in [4.78, 5) is 26.3. The van der Waals surface area contributed by atoms with Crippen LogP contribution in [-0.2, 0) is 19.1 Å². The third-order valence-corrected chi connectivity index (χ3v) is 3.98. The molecule has 0 saturated carbocycles. The molecule has 0 aromatic rings. The van der Waals surface area contributed by atoms with Crippen LogP contribution in [0.4, 0.5) is 0 Å². The molecule has 5 nitrogen and oxygen atoms in total. The number of ether oxygens (including phenoxy) is 2. The first-order chi connectivity index (χ1) is 8.83. The molecule has 2 saturated heterocycles. The minimum atomic E-state index is -0.916. The van der Waals surface area contributed by atoms with Gasteiger partial charge < -0.3 is 9.47 Å². The molecule has 0 aliphatic carbocycles. The minimum absolute atomic E-state index is 0.000301. The summed E-state index contributed by atoms with van der Waals surface area (Å²) >= 11 is 0. The van der Waals surface area contributed by atoms with E-state index in [1.807, 2.05) is 20.8 Å². The van der Waals surface area contributed by atoms with Crippen molar-refractivity contribution in [2.24, 2.45) is 5.41 Å². The molecule has 0 aromatic heterocycles. The Bertz CT molecular complexity index is 387. The average Bonchev–Trinajstić information content (AvgIpc) is 2.66. The van der Waals surface area contributed by atoms with Crippen molar-refractivity contribution in [3.63, 3.8) is 0 Å². The van der Waals surface area contributed by atoms with E-state index in [0.717, 1.165) is 12.8 Å². The number of amides is 1.